The van der Waals surface area contributed by atoms with Crippen LogP contribution in [0.3, 0.4) is 0 Å². The number of carboxylic acids is 1. The standard InChI is InChI=1S/C14H11ClN2O4.Na/c15-10-3-8(1-2-13(10)21-9-5-20-6-9)11-4-12(14(18)19)17-7-16-11;/h1-4,7,9H,5-6H2,(H,18,19);/q;+1/p-1. The van der Waals surface area contributed by atoms with E-state index in [1.54, 1.807) is 18.2 Å². The maximum absolute atomic E-state index is 10.8. The Morgan fingerprint density at radius 3 is 2.68 bits per heavy atom. The van der Waals surface area contributed by atoms with Gasteiger partial charge in [0.15, 0.2) is 0 Å². The first-order valence-corrected chi connectivity index (χ1v) is 6.59. The maximum atomic E-state index is 10.8. The third kappa shape index (κ3) is 3.77. The van der Waals surface area contributed by atoms with Crippen LogP contribution in [0.5, 0.6) is 5.75 Å². The fraction of sp³-hybridized carbons (Fsp3) is 0.214. The van der Waals surface area contributed by atoms with Gasteiger partial charge in [-0.3, -0.25) is 0 Å². The summed E-state index contributed by atoms with van der Waals surface area (Å²) < 4.78 is 10.7. The molecule has 22 heavy (non-hydrogen) atoms. The summed E-state index contributed by atoms with van der Waals surface area (Å²) in [6.45, 7) is 1.11. The average Bonchev–Trinajstić information content (AvgIpc) is 2.44. The number of ether oxygens (including phenoxy) is 2. The molecule has 108 valence electrons. The van der Waals surface area contributed by atoms with E-state index in [1.165, 1.54) is 12.4 Å². The van der Waals surface area contributed by atoms with Gasteiger partial charge in [0.2, 0.25) is 0 Å². The molecule has 8 heteroatoms. The number of nitrogens with zero attached hydrogens (tertiary/aromatic N) is 2. The van der Waals surface area contributed by atoms with Gasteiger partial charge in [-0.2, -0.15) is 0 Å². The van der Waals surface area contributed by atoms with Crippen LogP contribution >= 0.6 is 11.6 Å². The molecule has 0 unspecified atom stereocenters. The van der Waals surface area contributed by atoms with Crippen molar-refractivity contribution in [3.8, 4) is 17.0 Å². The number of hydrogen-bond donors (Lipinski definition) is 0. The van der Waals surface area contributed by atoms with Gasteiger partial charge < -0.3 is 19.4 Å². The van der Waals surface area contributed by atoms with Crippen LogP contribution < -0.4 is 39.4 Å². The molecule has 1 aliphatic rings. The van der Waals surface area contributed by atoms with Crippen LogP contribution in [-0.4, -0.2) is 35.3 Å². The molecular formula is C14H10ClN2NaO4. The van der Waals surface area contributed by atoms with E-state index in [1.807, 2.05) is 0 Å². The summed E-state index contributed by atoms with van der Waals surface area (Å²) in [4.78, 5) is 18.5. The molecule has 0 aliphatic carbocycles. The normalized spacial score (nSPS) is 13.9. The van der Waals surface area contributed by atoms with Crippen LogP contribution in [0.4, 0.5) is 0 Å². The summed E-state index contributed by atoms with van der Waals surface area (Å²) in [5.41, 5.74) is 0.940. The summed E-state index contributed by atoms with van der Waals surface area (Å²) in [6.07, 6.45) is 1.20. The quantitative estimate of drug-likeness (QED) is 0.600. The van der Waals surface area contributed by atoms with Crippen molar-refractivity contribution >= 4 is 17.6 Å². The van der Waals surface area contributed by atoms with Crippen LogP contribution in [0.15, 0.2) is 30.6 Å². The van der Waals surface area contributed by atoms with E-state index >= 15 is 0 Å². The fourth-order valence-corrected chi connectivity index (χ4v) is 2.07. The predicted molar refractivity (Wildman–Crippen MR) is 72.0 cm³/mol. The van der Waals surface area contributed by atoms with E-state index < -0.39 is 5.97 Å². The number of halogens is 1. The Balaban J connectivity index is 0.00000176. The molecule has 0 spiro atoms. The van der Waals surface area contributed by atoms with Crippen LogP contribution in [0.2, 0.25) is 5.02 Å². The summed E-state index contributed by atoms with van der Waals surface area (Å²) in [5, 5.41) is 11.2. The smallest absolute Gasteiger partial charge is 0.543 e. The minimum Gasteiger partial charge on any atom is -0.543 e. The minimum atomic E-state index is -1.35. The number of aromatic nitrogens is 2. The second-order valence-corrected chi connectivity index (χ2v) is 4.91. The molecule has 0 saturated carbocycles. The van der Waals surface area contributed by atoms with Gasteiger partial charge >= 0.3 is 29.6 Å². The number of aromatic carboxylic acids is 1. The van der Waals surface area contributed by atoms with E-state index in [0.717, 1.165) is 0 Å². The molecule has 3 rings (SSSR count). The molecule has 1 aromatic carbocycles. The number of carbonyl (C=O) groups is 1. The fourth-order valence-electron chi connectivity index (χ4n) is 1.84. The average molecular weight is 329 g/mol. The van der Waals surface area contributed by atoms with Crippen LogP contribution in [0.1, 0.15) is 10.5 Å². The first kappa shape index (κ1) is 17.2. The second kappa shape index (κ2) is 7.39. The Kier molecular flexibility index (Phi) is 5.77. The van der Waals surface area contributed by atoms with E-state index in [2.05, 4.69) is 9.97 Å². The summed E-state index contributed by atoms with van der Waals surface area (Å²) in [6, 6.07) is 6.47. The summed E-state index contributed by atoms with van der Waals surface area (Å²) >= 11 is 6.17. The van der Waals surface area contributed by atoms with Crippen molar-refractivity contribution in [3.05, 3.63) is 41.3 Å². The van der Waals surface area contributed by atoms with Gasteiger partial charge in [-0.15, -0.1) is 0 Å². The Hall–Kier alpha value is -1.18. The first-order chi connectivity index (χ1) is 10.1. The van der Waals surface area contributed by atoms with Crippen molar-refractivity contribution in [3.63, 3.8) is 0 Å². The molecule has 0 amide bonds. The number of carboxylic acid groups (broad SMARTS) is 1. The van der Waals surface area contributed by atoms with E-state index in [9.17, 15) is 9.90 Å². The van der Waals surface area contributed by atoms with Gasteiger partial charge in [-0.05, 0) is 24.3 Å². The summed E-state index contributed by atoms with van der Waals surface area (Å²) in [5.74, 6) is -0.794. The van der Waals surface area contributed by atoms with Crippen molar-refractivity contribution in [2.24, 2.45) is 0 Å². The molecule has 0 bridgehead atoms. The zero-order chi connectivity index (χ0) is 14.8. The van der Waals surface area contributed by atoms with Gasteiger partial charge in [-0.1, -0.05) is 11.6 Å². The van der Waals surface area contributed by atoms with Crippen molar-refractivity contribution in [2.45, 2.75) is 6.10 Å². The molecule has 1 aromatic heterocycles. The van der Waals surface area contributed by atoms with Crippen molar-refractivity contribution < 1.29 is 48.9 Å². The molecule has 6 nitrogen and oxygen atoms in total. The first-order valence-electron chi connectivity index (χ1n) is 6.21. The van der Waals surface area contributed by atoms with Gasteiger partial charge in [0, 0.05) is 5.56 Å². The predicted octanol–water partition coefficient (Wildman–Crippen LogP) is -2.06. The molecule has 2 heterocycles. The second-order valence-electron chi connectivity index (χ2n) is 4.50. The SMILES string of the molecule is O=C([O-])c1cc(-c2ccc(OC3COC3)c(Cl)c2)ncn1.[Na+]. The molecule has 1 fully saturated rings. The summed E-state index contributed by atoms with van der Waals surface area (Å²) in [7, 11) is 0. The molecular weight excluding hydrogens is 319 g/mol. The molecule has 0 radical (unpaired) electrons. The van der Waals surface area contributed by atoms with Crippen molar-refractivity contribution in [1.82, 2.24) is 9.97 Å². The zero-order valence-electron chi connectivity index (χ0n) is 11.8. The monoisotopic (exact) mass is 328 g/mol. The largest absolute Gasteiger partial charge is 1.00 e. The molecule has 1 saturated heterocycles. The van der Waals surface area contributed by atoms with Crippen molar-refractivity contribution in [1.29, 1.82) is 0 Å². The zero-order valence-corrected chi connectivity index (χ0v) is 14.5. The van der Waals surface area contributed by atoms with Gasteiger partial charge in [0.25, 0.3) is 0 Å². The topological polar surface area (TPSA) is 84.4 Å². The van der Waals surface area contributed by atoms with Crippen LogP contribution in [0, 0.1) is 0 Å². The third-order valence-electron chi connectivity index (χ3n) is 3.00. The molecule has 0 N–H and O–H groups in total. The number of hydrogen-bond acceptors (Lipinski definition) is 6. The van der Waals surface area contributed by atoms with Crippen LogP contribution in [0.25, 0.3) is 11.3 Å². The Morgan fingerprint density at radius 2 is 2.09 bits per heavy atom. The van der Waals surface area contributed by atoms with Crippen molar-refractivity contribution in [2.75, 3.05) is 13.2 Å². The Bertz CT molecular complexity index is 694. The molecule has 2 aromatic rings. The van der Waals surface area contributed by atoms with Crippen LogP contribution in [-0.2, 0) is 4.74 Å². The number of carbonyl (C=O) groups excluding carboxylic acids is 1. The van der Waals surface area contributed by atoms with Gasteiger partial charge in [0.05, 0.1) is 35.6 Å². The number of benzene rings is 1. The minimum absolute atomic E-state index is 0. The van der Waals surface area contributed by atoms with E-state index in [0.29, 0.717) is 35.2 Å². The van der Waals surface area contributed by atoms with Gasteiger partial charge in [-0.25, -0.2) is 9.97 Å². The van der Waals surface area contributed by atoms with Gasteiger partial charge in [0.1, 0.15) is 18.2 Å². The molecule has 0 atom stereocenters. The van der Waals surface area contributed by atoms with E-state index in [-0.39, 0.29) is 41.4 Å². The molecule has 1 aliphatic heterocycles. The Labute approximate surface area is 153 Å². The maximum Gasteiger partial charge on any atom is 1.00 e. The third-order valence-corrected chi connectivity index (χ3v) is 3.30. The Morgan fingerprint density at radius 1 is 1.32 bits per heavy atom. The number of rotatable bonds is 4. The van der Waals surface area contributed by atoms with E-state index in [4.69, 9.17) is 21.1 Å².